The summed E-state index contributed by atoms with van der Waals surface area (Å²) in [5.41, 5.74) is 7.28. The fourth-order valence-electron chi connectivity index (χ4n) is 1.08. The van der Waals surface area contributed by atoms with Crippen molar-refractivity contribution >= 4 is 33.1 Å². The van der Waals surface area contributed by atoms with Crippen LogP contribution in [-0.4, -0.2) is 15.8 Å². The van der Waals surface area contributed by atoms with Crippen LogP contribution in [0.1, 0.15) is 11.3 Å². The van der Waals surface area contributed by atoms with Crippen molar-refractivity contribution in [3.63, 3.8) is 0 Å². The molecule has 7 heteroatoms. The molecule has 2 N–H and O–H groups in total. The van der Waals surface area contributed by atoms with Crippen LogP contribution >= 0.6 is 27.3 Å². The zero-order valence-corrected chi connectivity index (χ0v) is 11.1. The molecule has 2 heterocycles. The van der Waals surface area contributed by atoms with E-state index in [2.05, 4.69) is 31.1 Å². The number of aromatic nitrogens is 2. The molecule has 0 aliphatic carbocycles. The Labute approximate surface area is 110 Å². The molecule has 88 valence electrons. The lowest BCUT2D eigenvalue weighted by Crippen LogP contribution is -2.15. The average molecular weight is 313 g/mol. The molecule has 0 unspecified atom stereocenters. The topological polar surface area (TPSA) is 73.4 Å². The van der Waals surface area contributed by atoms with Gasteiger partial charge < -0.3 is 10.6 Å². The summed E-state index contributed by atoms with van der Waals surface area (Å²) in [5, 5.41) is 5.77. The molecule has 0 amide bonds. The standard InChI is InChI=1S/C10H9BrN4OS/c11-9-7(2-4-17-9)5-16-15-10(12)8-1-3-13-6-14-8/h1-4,6H,5H2,(H2,12,15). The van der Waals surface area contributed by atoms with Gasteiger partial charge in [-0.3, -0.25) is 0 Å². The highest BCUT2D eigenvalue weighted by Crippen LogP contribution is 2.23. The second-order valence-electron chi connectivity index (χ2n) is 3.06. The number of nitrogens with two attached hydrogens (primary N) is 1. The SMILES string of the molecule is N/C(=N\OCc1ccsc1Br)c1ccncn1. The third-order valence-electron chi connectivity index (χ3n) is 1.92. The number of rotatable bonds is 4. The molecule has 0 aliphatic heterocycles. The predicted octanol–water partition coefficient (Wildman–Crippen LogP) is 2.14. The van der Waals surface area contributed by atoms with Crippen LogP contribution in [0, 0.1) is 0 Å². The zero-order valence-electron chi connectivity index (χ0n) is 8.71. The number of thiophene rings is 1. The smallest absolute Gasteiger partial charge is 0.189 e. The fourth-order valence-corrected chi connectivity index (χ4v) is 2.28. The highest BCUT2D eigenvalue weighted by atomic mass is 79.9. The molecule has 2 aromatic rings. The molecule has 0 radical (unpaired) electrons. The third kappa shape index (κ3) is 3.24. The number of oxime groups is 1. The molecule has 0 saturated carbocycles. The quantitative estimate of drug-likeness (QED) is 0.533. The van der Waals surface area contributed by atoms with Crippen molar-refractivity contribution in [1.82, 2.24) is 9.97 Å². The normalized spacial score (nSPS) is 11.5. The Morgan fingerprint density at radius 1 is 1.53 bits per heavy atom. The summed E-state index contributed by atoms with van der Waals surface area (Å²) in [7, 11) is 0. The zero-order chi connectivity index (χ0) is 12.1. The lowest BCUT2D eigenvalue weighted by molar-refractivity contribution is 0.130. The molecule has 0 bridgehead atoms. The van der Waals surface area contributed by atoms with Gasteiger partial charge in [-0.25, -0.2) is 9.97 Å². The van der Waals surface area contributed by atoms with Crippen LogP contribution in [0.3, 0.4) is 0 Å². The van der Waals surface area contributed by atoms with Crippen molar-refractivity contribution in [3.05, 3.63) is 45.1 Å². The Balaban J connectivity index is 1.95. The van der Waals surface area contributed by atoms with E-state index >= 15 is 0 Å². The van der Waals surface area contributed by atoms with Crippen molar-refractivity contribution in [2.24, 2.45) is 10.9 Å². The van der Waals surface area contributed by atoms with Gasteiger partial charge in [0.05, 0.1) is 3.79 Å². The second-order valence-corrected chi connectivity index (χ2v) is 5.30. The lowest BCUT2D eigenvalue weighted by atomic mass is 10.4. The lowest BCUT2D eigenvalue weighted by Gasteiger charge is -2.00. The maximum absolute atomic E-state index is 5.70. The van der Waals surface area contributed by atoms with Crippen molar-refractivity contribution in [2.45, 2.75) is 6.61 Å². The van der Waals surface area contributed by atoms with Gasteiger partial charge >= 0.3 is 0 Å². The van der Waals surface area contributed by atoms with Crippen molar-refractivity contribution in [2.75, 3.05) is 0 Å². The van der Waals surface area contributed by atoms with Gasteiger partial charge in [-0.2, -0.15) is 0 Å². The van der Waals surface area contributed by atoms with E-state index in [-0.39, 0.29) is 5.84 Å². The van der Waals surface area contributed by atoms with Gasteiger partial charge in [0.15, 0.2) is 5.84 Å². The van der Waals surface area contributed by atoms with Crippen molar-refractivity contribution < 1.29 is 4.84 Å². The van der Waals surface area contributed by atoms with Crippen LogP contribution in [0.4, 0.5) is 0 Å². The summed E-state index contributed by atoms with van der Waals surface area (Å²) < 4.78 is 1.04. The molecule has 17 heavy (non-hydrogen) atoms. The Morgan fingerprint density at radius 3 is 3.06 bits per heavy atom. The van der Waals surface area contributed by atoms with E-state index in [1.165, 1.54) is 6.33 Å². The summed E-state index contributed by atoms with van der Waals surface area (Å²) in [5.74, 6) is 0.235. The molecule has 0 aromatic carbocycles. The van der Waals surface area contributed by atoms with Crippen LogP contribution in [0.2, 0.25) is 0 Å². The summed E-state index contributed by atoms with van der Waals surface area (Å²) in [4.78, 5) is 12.9. The van der Waals surface area contributed by atoms with Gasteiger partial charge in [0.2, 0.25) is 0 Å². The predicted molar refractivity (Wildman–Crippen MR) is 69.6 cm³/mol. The molecule has 0 saturated heterocycles. The molecule has 0 atom stereocenters. The monoisotopic (exact) mass is 312 g/mol. The van der Waals surface area contributed by atoms with Gasteiger partial charge in [0.25, 0.3) is 0 Å². The molecule has 2 rings (SSSR count). The molecule has 2 aromatic heterocycles. The minimum Gasteiger partial charge on any atom is -0.389 e. The maximum atomic E-state index is 5.70. The maximum Gasteiger partial charge on any atom is 0.189 e. The average Bonchev–Trinajstić information content (AvgIpc) is 2.76. The summed E-state index contributed by atoms with van der Waals surface area (Å²) in [6.45, 7) is 0.371. The van der Waals surface area contributed by atoms with E-state index in [0.717, 1.165) is 9.35 Å². The largest absolute Gasteiger partial charge is 0.389 e. The first kappa shape index (κ1) is 12.0. The van der Waals surface area contributed by atoms with E-state index in [1.54, 1.807) is 23.6 Å². The van der Waals surface area contributed by atoms with Gasteiger partial charge in [-0.15, -0.1) is 11.3 Å². The molecule has 0 fully saturated rings. The van der Waals surface area contributed by atoms with Gasteiger partial charge in [-0.05, 0) is 33.4 Å². The third-order valence-corrected chi connectivity index (χ3v) is 3.73. The van der Waals surface area contributed by atoms with Gasteiger partial charge in [-0.1, -0.05) is 5.16 Å². The van der Waals surface area contributed by atoms with Crippen LogP contribution in [-0.2, 0) is 11.4 Å². The molecule has 0 aliphatic rings. The van der Waals surface area contributed by atoms with E-state index in [1.807, 2.05) is 11.4 Å². The van der Waals surface area contributed by atoms with Crippen LogP contribution in [0.25, 0.3) is 0 Å². The highest BCUT2D eigenvalue weighted by molar-refractivity contribution is 9.11. The first-order valence-electron chi connectivity index (χ1n) is 4.71. The van der Waals surface area contributed by atoms with Crippen LogP contribution < -0.4 is 5.73 Å². The van der Waals surface area contributed by atoms with Crippen molar-refractivity contribution in [3.8, 4) is 0 Å². The Bertz CT molecular complexity index is 514. The van der Waals surface area contributed by atoms with E-state index < -0.39 is 0 Å². The summed E-state index contributed by atoms with van der Waals surface area (Å²) in [6, 6.07) is 3.63. The number of hydrogen-bond acceptors (Lipinski definition) is 5. The second kappa shape index (κ2) is 5.74. The number of hydrogen-bond donors (Lipinski definition) is 1. The Hall–Kier alpha value is -1.47. The van der Waals surface area contributed by atoms with E-state index in [9.17, 15) is 0 Å². The summed E-state index contributed by atoms with van der Waals surface area (Å²) >= 11 is 5.01. The number of nitrogens with zero attached hydrogens (tertiary/aromatic N) is 3. The fraction of sp³-hybridized carbons (Fsp3) is 0.100. The Morgan fingerprint density at radius 2 is 2.41 bits per heavy atom. The van der Waals surface area contributed by atoms with Gasteiger partial charge in [0.1, 0.15) is 18.6 Å². The van der Waals surface area contributed by atoms with Gasteiger partial charge in [0, 0.05) is 11.8 Å². The van der Waals surface area contributed by atoms with E-state index in [4.69, 9.17) is 10.6 Å². The number of halogens is 1. The first-order chi connectivity index (χ1) is 8.27. The molecule has 0 spiro atoms. The van der Waals surface area contributed by atoms with E-state index in [0.29, 0.717) is 12.3 Å². The minimum atomic E-state index is 0.235. The highest BCUT2D eigenvalue weighted by Gasteiger charge is 2.02. The molecular weight excluding hydrogens is 304 g/mol. The first-order valence-corrected chi connectivity index (χ1v) is 6.38. The van der Waals surface area contributed by atoms with Crippen LogP contribution in [0.5, 0.6) is 0 Å². The summed E-state index contributed by atoms with van der Waals surface area (Å²) in [6.07, 6.45) is 3.01. The number of amidine groups is 1. The van der Waals surface area contributed by atoms with Crippen molar-refractivity contribution in [1.29, 1.82) is 0 Å². The van der Waals surface area contributed by atoms with Crippen LogP contribution in [0.15, 0.2) is 39.0 Å². The molecular formula is C10H9BrN4OS. The minimum absolute atomic E-state index is 0.235. The Kier molecular flexibility index (Phi) is 4.05. The molecule has 5 nitrogen and oxygen atoms in total.